The molecule has 0 unspecified atom stereocenters. The summed E-state index contributed by atoms with van der Waals surface area (Å²) in [5, 5.41) is 5.16. The predicted octanol–water partition coefficient (Wildman–Crippen LogP) is 5.18. The summed E-state index contributed by atoms with van der Waals surface area (Å²) in [6, 6.07) is 9.21. The maximum atomic E-state index is 13.7. The summed E-state index contributed by atoms with van der Waals surface area (Å²) in [4.78, 5) is 16.8. The van der Waals surface area contributed by atoms with E-state index in [1.807, 2.05) is 23.6 Å². The van der Waals surface area contributed by atoms with Crippen molar-refractivity contribution >= 4 is 33.0 Å². The molecule has 2 aromatic rings. The summed E-state index contributed by atoms with van der Waals surface area (Å²) in [6.07, 6.45) is 7.93. The topological polar surface area (TPSA) is 69.7 Å². The second-order valence-corrected chi connectivity index (χ2v) is 11.9. The Morgan fingerprint density at radius 3 is 2.36 bits per heavy atom. The smallest absolute Gasteiger partial charge is 0.251 e. The molecule has 1 N–H and O–H groups in total. The Kier molecular flexibility index (Phi) is 8.09. The highest BCUT2D eigenvalue weighted by Gasteiger charge is 2.31. The maximum absolute atomic E-state index is 13.7. The van der Waals surface area contributed by atoms with Crippen molar-refractivity contribution in [2.24, 2.45) is 0 Å². The number of carbonyl (C=O) groups excluding carboxylic acids is 1. The van der Waals surface area contributed by atoms with Crippen LogP contribution in [0.2, 0.25) is 0 Å². The average molecular weight is 490 g/mol. The molecule has 1 aromatic carbocycles. The van der Waals surface area contributed by atoms with Crippen molar-refractivity contribution in [1.29, 1.82) is 0 Å². The SMILES string of the molecule is CCC[C@H](NC(=O)c1ccc(N2CCCCC2)c(S(=O)(=O)N2CCCCC2)c1)c1cccs1. The number of amides is 1. The summed E-state index contributed by atoms with van der Waals surface area (Å²) in [6.45, 7) is 4.91. The van der Waals surface area contributed by atoms with Crippen LogP contribution in [0.4, 0.5) is 5.69 Å². The first-order valence-electron chi connectivity index (χ1n) is 12.2. The molecule has 1 aromatic heterocycles. The summed E-state index contributed by atoms with van der Waals surface area (Å²) in [5.74, 6) is -0.220. The van der Waals surface area contributed by atoms with Gasteiger partial charge in [-0.2, -0.15) is 4.31 Å². The van der Waals surface area contributed by atoms with Crippen LogP contribution in [0.15, 0.2) is 40.6 Å². The van der Waals surface area contributed by atoms with Gasteiger partial charge in [-0.1, -0.05) is 25.8 Å². The minimum atomic E-state index is -3.67. The molecule has 2 fully saturated rings. The Morgan fingerprint density at radius 1 is 1.03 bits per heavy atom. The predicted molar refractivity (Wildman–Crippen MR) is 135 cm³/mol. The van der Waals surface area contributed by atoms with E-state index in [1.165, 1.54) is 6.42 Å². The highest BCUT2D eigenvalue weighted by Crippen LogP contribution is 2.33. The van der Waals surface area contributed by atoms with Gasteiger partial charge in [0.2, 0.25) is 10.0 Å². The van der Waals surface area contributed by atoms with Gasteiger partial charge in [-0.3, -0.25) is 4.79 Å². The van der Waals surface area contributed by atoms with E-state index in [0.29, 0.717) is 18.7 Å². The molecule has 2 aliphatic heterocycles. The third-order valence-corrected chi connectivity index (χ3v) is 9.53. The van der Waals surface area contributed by atoms with Gasteiger partial charge in [0, 0.05) is 36.6 Å². The third-order valence-electron chi connectivity index (χ3n) is 6.62. The van der Waals surface area contributed by atoms with Crippen molar-refractivity contribution in [1.82, 2.24) is 9.62 Å². The van der Waals surface area contributed by atoms with Crippen LogP contribution in [0.1, 0.15) is 79.6 Å². The van der Waals surface area contributed by atoms with Crippen LogP contribution in [-0.2, 0) is 10.0 Å². The molecule has 1 atom stereocenters. The zero-order valence-electron chi connectivity index (χ0n) is 19.5. The van der Waals surface area contributed by atoms with Crippen LogP contribution in [0.3, 0.4) is 0 Å². The quantitative estimate of drug-likeness (QED) is 0.554. The average Bonchev–Trinajstić information content (AvgIpc) is 3.39. The normalized spacial score (nSPS) is 18.8. The minimum absolute atomic E-state index is 0.0635. The zero-order chi connectivity index (χ0) is 23.3. The van der Waals surface area contributed by atoms with Crippen LogP contribution in [0.5, 0.6) is 0 Å². The van der Waals surface area contributed by atoms with Gasteiger partial charge in [0.1, 0.15) is 4.90 Å². The Morgan fingerprint density at radius 2 is 1.73 bits per heavy atom. The molecule has 0 aliphatic carbocycles. The van der Waals surface area contributed by atoms with E-state index >= 15 is 0 Å². The first kappa shape index (κ1) is 24.2. The second-order valence-electron chi connectivity index (χ2n) is 9.03. The van der Waals surface area contributed by atoms with E-state index in [1.54, 1.807) is 27.8 Å². The number of rotatable bonds is 8. The van der Waals surface area contributed by atoms with Gasteiger partial charge in [-0.15, -0.1) is 11.3 Å². The van der Waals surface area contributed by atoms with E-state index in [0.717, 1.165) is 68.6 Å². The number of benzene rings is 1. The van der Waals surface area contributed by atoms with Crippen LogP contribution < -0.4 is 10.2 Å². The Balaban J connectivity index is 1.66. The summed E-state index contributed by atoms with van der Waals surface area (Å²) < 4.78 is 29.0. The number of thiophene rings is 1. The van der Waals surface area contributed by atoms with Gasteiger partial charge < -0.3 is 10.2 Å². The van der Waals surface area contributed by atoms with Crippen molar-refractivity contribution < 1.29 is 13.2 Å². The fourth-order valence-electron chi connectivity index (χ4n) is 4.81. The second kappa shape index (κ2) is 11.0. The molecule has 2 aliphatic rings. The lowest BCUT2D eigenvalue weighted by Crippen LogP contribution is -2.38. The van der Waals surface area contributed by atoms with Gasteiger partial charge in [0.25, 0.3) is 5.91 Å². The van der Waals surface area contributed by atoms with Crippen molar-refractivity contribution in [3.8, 4) is 0 Å². The first-order chi connectivity index (χ1) is 16.0. The molecule has 1 amide bonds. The molecule has 8 heteroatoms. The number of piperidine rings is 2. The molecule has 6 nitrogen and oxygen atoms in total. The van der Waals surface area contributed by atoms with Crippen molar-refractivity contribution in [2.75, 3.05) is 31.1 Å². The highest BCUT2D eigenvalue weighted by atomic mass is 32.2. The molecular weight excluding hydrogens is 454 g/mol. The standard InChI is InChI=1S/C25H35N3O3S2/c1-2-10-21(23-11-9-18-32-23)26-25(29)20-12-13-22(27-14-5-3-6-15-27)24(19-20)33(30,31)28-16-7-4-8-17-28/h9,11-13,18-19,21H,2-8,10,14-17H2,1H3,(H,26,29)/t21-/m0/s1. The molecule has 0 radical (unpaired) electrons. The van der Waals surface area contributed by atoms with E-state index in [9.17, 15) is 13.2 Å². The van der Waals surface area contributed by atoms with Gasteiger partial charge in [-0.05, 0) is 68.2 Å². The van der Waals surface area contributed by atoms with E-state index in [-0.39, 0.29) is 16.8 Å². The summed E-state index contributed by atoms with van der Waals surface area (Å²) >= 11 is 1.63. The van der Waals surface area contributed by atoms with Crippen LogP contribution in [0.25, 0.3) is 0 Å². The number of sulfonamides is 1. The van der Waals surface area contributed by atoms with Crippen molar-refractivity contribution in [3.05, 3.63) is 46.2 Å². The molecule has 0 saturated carbocycles. The zero-order valence-corrected chi connectivity index (χ0v) is 21.1. The Labute approximate surface area is 202 Å². The third kappa shape index (κ3) is 5.61. The number of nitrogens with zero attached hydrogens (tertiary/aromatic N) is 2. The van der Waals surface area contributed by atoms with Gasteiger partial charge in [0.15, 0.2) is 0 Å². The largest absolute Gasteiger partial charge is 0.370 e. The molecule has 3 heterocycles. The lowest BCUT2D eigenvalue weighted by molar-refractivity contribution is 0.0935. The van der Waals surface area contributed by atoms with Gasteiger partial charge >= 0.3 is 0 Å². The van der Waals surface area contributed by atoms with E-state index in [2.05, 4.69) is 17.1 Å². The number of nitrogens with one attached hydrogen (secondary N) is 1. The summed E-state index contributed by atoms with van der Waals surface area (Å²) in [5.41, 5.74) is 1.14. The molecule has 180 valence electrons. The minimum Gasteiger partial charge on any atom is -0.370 e. The Hall–Kier alpha value is -1.90. The van der Waals surface area contributed by atoms with Crippen molar-refractivity contribution in [2.45, 2.75) is 69.2 Å². The number of carbonyl (C=O) groups is 1. The monoisotopic (exact) mass is 489 g/mol. The molecule has 0 bridgehead atoms. The number of hydrogen-bond donors (Lipinski definition) is 1. The van der Waals surface area contributed by atoms with E-state index < -0.39 is 10.0 Å². The number of hydrogen-bond acceptors (Lipinski definition) is 5. The first-order valence-corrected chi connectivity index (χ1v) is 14.6. The van der Waals surface area contributed by atoms with Crippen LogP contribution in [0, 0.1) is 0 Å². The molecule has 4 rings (SSSR count). The Bertz CT molecular complexity index is 1030. The van der Waals surface area contributed by atoms with Crippen molar-refractivity contribution in [3.63, 3.8) is 0 Å². The fraction of sp³-hybridized carbons (Fsp3) is 0.560. The van der Waals surface area contributed by atoms with Gasteiger partial charge in [0.05, 0.1) is 11.7 Å². The fourth-order valence-corrected chi connectivity index (χ4v) is 7.37. The van der Waals surface area contributed by atoms with Crippen LogP contribution in [-0.4, -0.2) is 44.8 Å². The summed E-state index contributed by atoms with van der Waals surface area (Å²) in [7, 11) is -3.67. The lowest BCUT2D eigenvalue weighted by Gasteiger charge is -2.33. The maximum Gasteiger partial charge on any atom is 0.251 e. The molecule has 0 spiro atoms. The van der Waals surface area contributed by atoms with E-state index in [4.69, 9.17) is 0 Å². The number of anilines is 1. The molecule has 33 heavy (non-hydrogen) atoms. The van der Waals surface area contributed by atoms with Gasteiger partial charge in [-0.25, -0.2) is 8.42 Å². The highest BCUT2D eigenvalue weighted by molar-refractivity contribution is 7.89. The molecular formula is C25H35N3O3S2. The lowest BCUT2D eigenvalue weighted by atomic mass is 10.1. The van der Waals surface area contributed by atoms with Crippen LogP contribution >= 0.6 is 11.3 Å². The molecule has 2 saturated heterocycles.